The summed E-state index contributed by atoms with van der Waals surface area (Å²) in [5.74, 6) is -0.208. The summed E-state index contributed by atoms with van der Waals surface area (Å²) in [6, 6.07) is 4.25. The maximum absolute atomic E-state index is 12.3. The number of nitrogens with two attached hydrogens (primary N) is 1. The van der Waals surface area contributed by atoms with Gasteiger partial charge in [-0.3, -0.25) is 14.9 Å². The van der Waals surface area contributed by atoms with Gasteiger partial charge in [-0.1, -0.05) is 6.92 Å². The smallest absolute Gasteiger partial charge is 0.292 e. The number of anilines is 1. The molecule has 0 saturated heterocycles. The highest BCUT2D eigenvalue weighted by molar-refractivity contribution is 5.95. The average molecular weight is 265 g/mol. The Balaban J connectivity index is 3.12. The highest BCUT2D eigenvalue weighted by Gasteiger charge is 2.21. The molecular formula is C13H19N3O3. The first-order valence-corrected chi connectivity index (χ1v) is 6.27. The summed E-state index contributed by atoms with van der Waals surface area (Å²) in [4.78, 5) is 24.3. The van der Waals surface area contributed by atoms with Crippen molar-refractivity contribution < 1.29 is 9.72 Å². The maximum Gasteiger partial charge on any atom is 0.292 e. The lowest BCUT2D eigenvalue weighted by Gasteiger charge is -2.27. The van der Waals surface area contributed by atoms with Gasteiger partial charge in [-0.05, 0) is 32.4 Å². The van der Waals surface area contributed by atoms with Crippen LogP contribution in [-0.4, -0.2) is 28.3 Å². The normalized spacial score (nSPS) is 11.9. The third-order valence-electron chi connectivity index (χ3n) is 3.20. The molecule has 2 N–H and O–H groups in total. The number of nitrogen functional groups attached to an aromatic ring is 1. The molecule has 0 bridgehead atoms. The van der Waals surface area contributed by atoms with Crippen LogP contribution in [0, 0.1) is 10.1 Å². The monoisotopic (exact) mass is 265 g/mol. The van der Waals surface area contributed by atoms with Crippen LogP contribution in [0.5, 0.6) is 0 Å². The molecule has 0 aliphatic heterocycles. The SMILES string of the molecule is CCC(C)N(CC)C(=O)c1ccc(N)c([N+](=O)[O-])c1. The van der Waals surface area contributed by atoms with Crippen molar-refractivity contribution in [1.82, 2.24) is 4.90 Å². The van der Waals surface area contributed by atoms with E-state index >= 15 is 0 Å². The minimum atomic E-state index is -0.578. The summed E-state index contributed by atoms with van der Waals surface area (Å²) in [5, 5.41) is 10.8. The maximum atomic E-state index is 12.3. The van der Waals surface area contributed by atoms with E-state index in [1.54, 1.807) is 4.90 Å². The number of carbonyl (C=O) groups excluding carboxylic acids is 1. The van der Waals surface area contributed by atoms with Crippen molar-refractivity contribution in [3.63, 3.8) is 0 Å². The summed E-state index contributed by atoms with van der Waals surface area (Å²) in [7, 11) is 0. The fraction of sp³-hybridized carbons (Fsp3) is 0.462. The zero-order valence-corrected chi connectivity index (χ0v) is 11.4. The Kier molecular flexibility index (Phi) is 4.86. The molecule has 1 amide bonds. The first-order chi connectivity index (χ1) is 8.92. The van der Waals surface area contributed by atoms with Gasteiger partial charge in [0.25, 0.3) is 11.6 Å². The van der Waals surface area contributed by atoms with Crippen LogP contribution >= 0.6 is 0 Å². The van der Waals surface area contributed by atoms with Crippen LogP contribution in [-0.2, 0) is 0 Å². The van der Waals surface area contributed by atoms with Gasteiger partial charge in [-0.25, -0.2) is 0 Å². The van der Waals surface area contributed by atoms with Crippen molar-refractivity contribution in [2.75, 3.05) is 12.3 Å². The largest absolute Gasteiger partial charge is 0.393 e. The quantitative estimate of drug-likeness (QED) is 0.503. The van der Waals surface area contributed by atoms with Gasteiger partial charge >= 0.3 is 0 Å². The number of hydrogen-bond acceptors (Lipinski definition) is 4. The molecule has 19 heavy (non-hydrogen) atoms. The van der Waals surface area contributed by atoms with Crippen molar-refractivity contribution in [3.05, 3.63) is 33.9 Å². The zero-order valence-electron chi connectivity index (χ0n) is 11.4. The Labute approximate surface area is 112 Å². The Morgan fingerprint density at radius 1 is 1.47 bits per heavy atom. The third kappa shape index (κ3) is 3.21. The number of nitro groups is 1. The van der Waals surface area contributed by atoms with Gasteiger partial charge in [0.05, 0.1) is 4.92 Å². The van der Waals surface area contributed by atoms with Gasteiger partial charge in [-0.2, -0.15) is 0 Å². The van der Waals surface area contributed by atoms with E-state index in [0.717, 1.165) is 6.42 Å². The van der Waals surface area contributed by atoms with Crippen LogP contribution in [0.4, 0.5) is 11.4 Å². The lowest BCUT2D eigenvalue weighted by Crippen LogP contribution is -2.38. The minimum absolute atomic E-state index is 0.0631. The first kappa shape index (κ1) is 14.9. The molecule has 1 rings (SSSR count). The highest BCUT2D eigenvalue weighted by atomic mass is 16.6. The molecular weight excluding hydrogens is 246 g/mol. The molecule has 1 unspecified atom stereocenters. The summed E-state index contributed by atoms with van der Waals surface area (Å²) in [6.07, 6.45) is 0.830. The number of hydrogen-bond donors (Lipinski definition) is 1. The molecule has 6 nitrogen and oxygen atoms in total. The van der Waals surface area contributed by atoms with Crippen molar-refractivity contribution in [1.29, 1.82) is 0 Å². The Bertz CT molecular complexity index is 488. The molecule has 1 atom stereocenters. The van der Waals surface area contributed by atoms with Crippen LogP contribution in [0.3, 0.4) is 0 Å². The molecule has 0 fully saturated rings. The Hall–Kier alpha value is -2.11. The van der Waals surface area contributed by atoms with Gasteiger partial charge in [-0.15, -0.1) is 0 Å². The predicted molar refractivity (Wildman–Crippen MR) is 74.0 cm³/mol. The van der Waals surface area contributed by atoms with Crippen molar-refractivity contribution in [3.8, 4) is 0 Å². The second-order valence-electron chi connectivity index (χ2n) is 4.38. The second-order valence-corrected chi connectivity index (χ2v) is 4.38. The molecule has 0 aromatic heterocycles. The predicted octanol–water partition coefficient (Wildman–Crippen LogP) is 2.44. The number of carbonyl (C=O) groups is 1. The van der Waals surface area contributed by atoms with Gasteiger partial charge in [0.2, 0.25) is 0 Å². The number of amides is 1. The van der Waals surface area contributed by atoms with Crippen LogP contribution in [0.2, 0.25) is 0 Å². The van der Waals surface area contributed by atoms with Crippen LogP contribution in [0.1, 0.15) is 37.6 Å². The lowest BCUT2D eigenvalue weighted by molar-refractivity contribution is -0.383. The lowest BCUT2D eigenvalue weighted by atomic mass is 10.1. The molecule has 6 heteroatoms. The zero-order chi connectivity index (χ0) is 14.6. The van der Waals surface area contributed by atoms with Crippen LogP contribution in [0.15, 0.2) is 18.2 Å². The third-order valence-corrected chi connectivity index (χ3v) is 3.20. The fourth-order valence-corrected chi connectivity index (χ4v) is 1.88. The van der Waals surface area contributed by atoms with E-state index in [4.69, 9.17) is 5.73 Å². The summed E-state index contributed by atoms with van der Waals surface area (Å²) in [6.45, 7) is 6.39. The van der Waals surface area contributed by atoms with Gasteiger partial charge < -0.3 is 10.6 Å². The van der Waals surface area contributed by atoms with E-state index in [-0.39, 0.29) is 23.3 Å². The summed E-state index contributed by atoms with van der Waals surface area (Å²) in [5.41, 5.74) is 5.65. The standard InChI is InChI=1S/C13H19N3O3/c1-4-9(3)15(5-2)13(17)10-6-7-11(14)12(8-10)16(18)19/h6-9H,4-5,14H2,1-3H3. The molecule has 0 saturated carbocycles. The molecule has 0 radical (unpaired) electrons. The summed E-state index contributed by atoms with van der Waals surface area (Å²) < 4.78 is 0. The number of benzene rings is 1. The van der Waals surface area contributed by atoms with E-state index in [1.807, 2.05) is 20.8 Å². The van der Waals surface area contributed by atoms with E-state index < -0.39 is 4.92 Å². The van der Waals surface area contributed by atoms with Crippen LogP contribution in [0.25, 0.3) is 0 Å². The van der Waals surface area contributed by atoms with Crippen molar-refractivity contribution in [2.24, 2.45) is 0 Å². The van der Waals surface area contributed by atoms with Gasteiger partial charge in [0.1, 0.15) is 5.69 Å². The molecule has 0 spiro atoms. The van der Waals surface area contributed by atoms with E-state index in [1.165, 1.54) is 18.2 Å². The van der Waals surface area contributed by atoms with Gasteiger partial charge in [0, 0.05) is 24.2 Å². The van der Waals surface area contributed by atoms with Crippen molar-refractivity contribution in [2.45, 2.75) is 33.2 Å². The fourth-order valence-electron chi connectivity index (χ4n) is 1.88. The van der Waals surface area contributed by atoms with Crippen LogP contribution < -0.4 is 5.73 Å². The number of nitrogens with zero attached hydrogens (tertiary/aromatic N) is 2. The number of nitro benzene ring substituents is 1. The van der Waals surface area contributed by atoms with Crippen molar-refractivity contribution >= 4 is 17.3 Å². The second kappa shape index (κ2) is 6.17. The van der Waals surface area contributed by atoms with E-state index in [9.17, 15) is 14.9 Å². The molecule has 1 aromatic rings. The number of rotatable bonds is 5. The Morgan fingerprint density at radius 3 is 2.58 bits per heavy atom. The van der Waals surface area contributed by atoms with E-state index in [0.29, 0.717) is 12.1 Å². The van der Waals surface area contributed by atoms with E-state index in [2.05, 4.69) is 0 Å². The minimum Gasteiger partial charge on any atom is -0.393 e. The molecule has 0 heterocycles. The highest BCUT2D eigenvalue weighted by Crippen LogP contribution is 2.23. The molecule has 0 aliphatic rings. The van der Waals surface area contributed by atoms with Gasteiger partial charge in [0.15, 0.2) is 0 Å². The average Bonchev–Trinajstić information content (AvgIpc) is 2.39. The first-order valence-electron chi connectivity index (χ1n) is 6.27. The Morgan fingerprint density at radius 2 is 2.11 bits per heavy atom. The molecule has 0 aliphatic carbocycles. The molecule has 104 valence electrons. The topological polar surface area (TPSA) is 89.5 Å². The summed E-state index contributed by atoms with van der Waals surface area (Å²) >= 11 is 0. The molecule has 1 aromatic carbocycles.